The van der Waals surface area contributed by atoms with E-state index in [-0.39, 0.29) is 17.5 Å². The summed E-state index contributed by atoms with van der Waals surface area (Å²) in [4.78, 5) is 26.3. The molecule has 0 radical (unpaired) electrons. The standard InChI is InChI=1S/C23H39N3O2/c1-14(25-21(28)24-4)16-7-8-17-15-6-9-19-23(3,13-11-20(27)26(19)5)18(15)10-12-22(16,17)2/h14-19H,6-13H2,1-5H3,(H2,24,25,28)/t14?,15-,16+,17-,18-,19+,22+,23+/m0/s1. The fraction of sp³-hybridized carbons (Fsp3) is 0.913. The molecule has 1 saturated heterocycles. The minimum atomic E-state index is -0.0591. The fourth-order valence-electron chi connectivity index (χ4n) is 8.39. The van der Waals surface area contributed by atoms with Crippen molar-refractivity contribution in [2.24, 2.45) is 34.5 Å². The molecule has 3 saturated carbocycles. The van der Waals surface area contributed by atoms with E-state index in [2.05, 4.69) is 36.3 Å². The molecule has 1 heterocycles. The number of hydrogen-bond donors (Lipinski definition) is 2. The van der Waals surface area contributed by atoms with Gasteiger partial charge < -0.3 is 15.5 Å². The predicted octanol–water partition coefficient (Wildman–Crippen LogP) is 3.78. The van der Waals surface area contributed by atoms with Gasteiger partial charge in [0.05, 0.1) is 0 Å². The van der Waals surface area contributed by atoms with Gasteiger partial charge in [0.2, 0.25) is 5.91 Å². The van der Waals surface area contributed by atoms with Gasteiger partial charge in [-0.15, -0.1) is 0 Å². The molecule has 0 aromatic heterocycles. The van der Waals surface area contributed by atoms with Crippen LogP contribution in [0.4, 0.5) is 4.79 Å². The van der Waals surface area contributed by atoms with E-state index in [4.69, 9.17) is 0 Å². The van der Waals surface area contributed by atoms with E-state index in [1.165, 1.54) is 38.5 Å². The number of nitrogens with zero attached hydrogens (tertiary/aromatic N) is 1. The number of amides is 3. The van der Waals surface area contributed by atoms with Crippen LogP contribution in [-0.4, -0.2) is 43.0 Å². The highest BCUT2D eigenvalue weighted by Crippen LogP contribution is 2.66. The Morgan fingerprint density at radius 2 is 1.79 bits per heavy atom. The van der Waals surface area contributed by atoms with E-state index >= 15 is 0 Å². The summed E-state index contributed by atoms with van der Waals surface area (Å²) in [5, 5.41) is 5.88. The van der Waals surface area contributed by atoms with Gasteiger partial charge in [-0.25, -0.2) is 4.79 Å². The Hall–Kier alpha value is -1.26. The monoisotopic (exact) mass is 389 g/mol. The highest BCUT2D eigenvalue weighted by molar-refractivity contribution is 5.77. The van der Waals surface area contributed by atoms with Crippen molar-refractivity contribution in [2.75, 3.05) is 14.1 Å². The molecule has 0 spiro atoms. The fourth-order valence-corrected chi connectivity index (χ4v) is 8.39. The molecule has 3 aliphatic carbocycles. The average Bonchev–Trinajstić information content (AvgIpc) is 3.02. The summed E-state index contributed by atoms with van der Waals surface area (Å²) in [5.74, 6) is 3.22. The zero-order chi connectivity index (χ0) is 20.3. The molecule has 4 aliphatic rings. The molecule has 5 heteroatoms. The SMILES string of the molecule is CNC(=O)NC(C)[C@H]1CC[C@H]2[C@@H]3CC[C@H]4N(C)C(=O)CC[C@]4(C)[C@H]3CC[C@]12C. The predicted molar refractivity (Wildman–Crippen MR) is 111 cm³/mol. The lowest BCUT2D eigenvalue weighted by atomic mass is 9.46. The van der Waals surface area contributed by atoms with E-state index in [0.29, 0.717) is 23.3 Å². The van der Waals surface area contributed by atoms with Crippen LogP contribution in [0.1, 0.15) is 72.1 Å². The Kier molecular flexibility index (Phi) is 4.95. The Morgan fingerprint density at radius 3 is 2.50 bits per heavy atom. The van der Waals surface area contributed by atoms with Crippen LogP contribution < -0.4 is 10.6 Å². The number of likely N-dealkylation sites (tertiary alicyclic amines) is 1. The molecule has 28 heavy (non-hydrogen) atoms. The van der Waals surface area contributed by atoms with Crippen LogP contribution in [0.2, 0.25) is 0 Å². The minimum Gasteiger partial charge on any atom is -0.342 e. The molecule has 4 rings (SSSR count). The Balaban J connectivity index is 1.55. The first-order valence-corrected chi connectivity index (χ1v) is 11.5. The van der Waals surface area contributed by atoms with Crippen LogP contribution in [0.5, 0.6) is 0 Å². The van der Waals surface area contributed by atoms with Crippen LogP contribution in [0.15, 0.2) is 0 Å². The largest absolute Gasteiger partial charge is 0.342 e. The molecular weight excluding hydrogens is 350 g/mol. The summed E-state index contributed by atoms with van der Waals surface area (Å²) >= 11 is 0. The maximum absolute atomic E-state index is 12.3. The number of rotatable bonds is 2. The molecule has 0 bridgehead atoms. The molecule has 1 aliphatic heterocycles. The number of urea groups is 1. The van der Waals surface area contributed by atoms with Gasteiger partial charge in [0.15, 0.2) is 0 Å². The van der Waals surface area contributed by atoms with Crippen molar-refractivity contribution < 1.29 is 9.59 Å². The summed E-state index contributed by atoms with van der Waals surface area (Å²) in [7, 11) is 3.73. The third-order valence-corrected chi connectivity index (χ3v) is 9.82. The van der Waals surface area contributed by atoms with Crippen molar-refractivity contribution >= 4 is 11.9 Å². The normalized spacial score (nSPS) is 46.2. The topological polar surface area (TPSA) is 61.4 Å². The second kappa shape index (κ2) is 6.91. The third-order valence-electron chi connectivity index (χ3n) is 9.82. The Labute approximate surface area is 170 Å². The first kappa shape index (κ1) is 20.0. The zero-order valence-corrected chi connectivity index (χ0v) is 18.4. The molecule has 158 valence electrons. The first-order valence-electron chi connectivity index (χ1n) is 11.5. The van der Waals surface area contributed by atoms with Crippen LogP contribution in [0.25, 0.3) is 0 Å². The highest BCUT2D eigenvalue weighted by Gasteiger charge is 2.61. The van der Waals surface area contributed by atoms with Gasteiger partial charge in [0.25, 0.3) is 0 Å². The van der Waals surface area contributed by atoms with Crippen LogP contribution in [-0.2, 0) is 4.79 Å². The van der Waals surface area contributed by atoms with Crippen molar-refractivity contribution in [3.05, 3.63) is 0 Å². The van der Waals surface area contributed by atoms with E-state index in [9.17, 15) is 9.59 Å². The smallest absolute Gasteiger partial charge is 0.314 e. The lowest BCUT2D eigenvalue weighted by Gasteiger charge is -2.62. The maximum atomic E-state index is 12.3. The number of piperidine rings is 1. The lowest BCUT2D eigenvalue weighted by Crippen LogP contribution is -2.61. The molecule has 1 unspecified atom stereocenters. The second-order valence-electron chi connectivity index (χ2n) is 10.7. The van der Waals surface area contributed by atoms with E-state index < -0.39 is 0 Å². The average molecular weight is 390 g/mol. The van der Waals surface area contributed by atoms with Crippen LogP contribution in [0, 0.1) is 34.5 Å². The van der Waals surface area contributed by atoms with Crippen molar-refractivity contribution in [3.8, 4) is 0 Å². The maximum Gasteiger partial charge on any atom is 0.314 e. The van der Waals surface area contributed by atoms with Gasteiger partial charge in [-0.2, -0.15) is 0 Å². The van der Waals surface area contributed by atoms with Crippen molar-refractivity contribution in [1.82, 2.24) is 15.5 Å². The lowest BCUT2D eigenvalue weighted by molar-refractivity contribution is -0.158. The quantitative estimate of drug-likeness (QED) is 0.755. The summed E-state index contributed by atoms with van der Waals surface area (Å²) in [6.07, 6.45) is 9.33. The molecule has 0 aromatic rings. The van der Waals surface area contributed by atoms with Gasteiger partial charge >= 0.3 is 6.03 Å². The van der Waals surface area contributed by atoms with Gasteiger partial charge in [-0.05, 0) is 86.4 Å². The number of nitrogens with one attached hydrogen (secondary N) is 2. The summed E-state index contributed by atoms with van der Waals surface area (Å²) in [6, 6.07) is 0.596. The summed E-state index contributed by atoms with van der Waals surface area (Å²) in [6.45, 7) is 7.19. The molecule has 5 nitrogen and oxygen atoms in total. The summed E-state index contributed by atoms with van der Waals surface area (Å²) < 4.78 is 0. The van der Waals surface area contributed by atoms with Crippen LogP contribution >= 0.6 is 0 Å². The number of carbonyl (C=O) groups excluding carboxylic acids is 2. The zero-order valence-electron chi connectivity index (χ0n) is 18.4. The number of fused-ring (bicyclic) bond motifs is 5. The van der Waals surface area contributed by atoms with E-state index in [1.807, 2.05) is 7.05 Å². The Bertz CT molecular complexity index is 652. The minimum absolute atomic E-state index is 0.0591. The Morgan fingerprint density at radius 1 is 1.07 bits per heavy atom. The van der Waals surface area contributed by atoms with Crippen LogP contribution in [0.3, 0.4) is 0 Å². The summed E-state index contributed by atoms with van der Waals surface area (Å²) in [5.41, 5.74) is 0.623. The molecule has 8 atom stereocenters. The molecule has 4 fully saturated rings. The van der Waals surface area contributed by atoms with Crippen molar-refractivity contribution in [3.63, 3.8) is 0 Å². The number of carbonyl (C=O) groups is 2. The second-order valence-corrected chi connectivity index (χ2v) is 10.7. The molecular formula is C23H39N3O2. The molecule has 2 N–H and O–H groups in total. The van der Waals surface area contributed by atoms with Crippen molar-refractivity contribution in [2.45, 2.75) is 84.2 Å². The third kappa shape index (κ3) is 2.79. The van der Waals surface area contributed by atoms with Gasteiger partial charge in [-0.1, -0.05) is 13.8 Å². The molecule has 3 amide bonds. The molecule has 0 aromatic carbocycles. The highest BCUT2D eigenvalue weighted by atomic mass is 16.2. The van der Waals surface area contributed by atoms with Gasteiger partial charge in [0.1, 0.15) is 0 Å². The van der Waals surface area contributed by atoms with Crippen molar-refractivity contribution in [1.29, 1.82) is 0 Å². The van der Waals surface area contributed by atoms with Gasteiger partial charge in [-0.3, -0.25) is 4.79 Å². The van der Waals surface area contributed by atoms with E-state index in [0.717, 1.165) is 30.6 Å². The van der Waals surface area contributed by atoms with E-state index in [1.54, 1.807) is 7.05 Å². The number of hydrogen-bond acceptors (Lipinski definition) is 2. The first-order chi connectivity index (χ1) is 13.2. The van der Waals surface area contributed by atoms with Gasteiger partial charge in [0, 0.05) is 32.6 Å².